The van der Waals surface area contributed by atoms with Gasteiger partial charge in [0.05, 0.1) is 5.69 Å². The van der Waals surface area contributed by atoms with Gasteiger partial charge in [0.1, 0.15) is 0 Å². The van der Waals surface area contributed by atoms with Gasteiger partial charge >= 0.3 is 0 Å². The van der Waals surface area contributed by atoms with E-state index in [0.717, 1.165) is 11.3 Å². The molecule has 6 nitrogen and oxygen atoms in total. The number of guanidine groups is 2. The van der Waals surface area contributed by atoms with Gasteiger partial charge in [-0.2, -0.15) is 4.99 Å². The molecule has 1 aromatic heterocycles. The minimum absolute atomic E-state index is 0.00713. The highest BCUT2D eigenvalue weighted by atomic mass is 15.3. The van der Waals surface area contributed by atoms with Crippen molar-refractivity contribution < 1.29 is 0 Å². The van der Waals surface area contributed by atoms with Crippen LogP contribution in [-0.2, 0) is 0 Å². The van der Waals surface area contributed by atoms with Crippen molar-refractivity contribution in [3.63, 3.8) is 0 Å². The molecule has 1 heterocycles. The molecule has 0 bridgehead atoms. The van der Waals surface area contributed by atoms with Crippen molar-refractivity contribution in [1.29, 1.82) is 5.41 Å². The predicted octanol–water partition coefficient (Wildman–Crippen LogP) is -0.0325. The molecule has 0 radical (unpaired) electrons. The number of hydrogen-bond donors (Lipinski definition) is 4. The van der Waals surface area contributed by atoms with Gasteiger partial charge in [-0.25, -0.2) is 0 Å². The van der Waals surface area contributed by atoms with Crippen molar-refractivity contribution in [3.8, 4) is 0 Å². The molecule has 6 N–H and O–H groups in total. The van der Waals surface area contributed by atoms with E-state index in [1.54, 1.807) is 18.1 Å². The maximum atomic E-state index is 7.56. The second kappa shape index (κ2) is 3.82. The molecule has 0 unspecified atom stereocenters. The normalized spacial score (nSPS) is 9.57. The van der Waals surface area contributed by atoms with Crippen LogP contribution in [0.2, 0.25) is 0 Å². The van der Waals surface area contributed by atoms with Gasteiger partial charge in [0.2, 0.25) is 5.96 Å². The lowest BCUT2D eigenvalue weighted by Gasteiger charge is -2.16. The first-order valence-corrected chi connectivity index (χ1v) is 4.07. The zero-order chi connectivity index (χ0) is 10.7. The van der Waals surface area contributed by atoms with Crippen LogP contribution in [-0.4, -0.2) is 24.0 Å². The zero-order valence-corrected chi connectivity index (χ0v) is 8.20. The van der Waals surface area contributed by atoms with Gasteiger partial charge in [-0.05, 0) is 12.5 Å². The van der Waals surface area contributed by atoms with E-state index in [1.807, 2.05) is 13.1 Å². The van der Waals surface area contributed by atoms with Gasteiger partial charge in [-0.1, -0.05) is 0 Å². The second-order valence-electron chi connectivity index (χ2n) is 2.94. The Balaban J connectivity index is 2.86. The molecule has 1 aromatic rings. The van der Waals surface area contributed by atoms with Crippen molar-refractivity contribution >= 4 is 17.6 Å². The highest BCUT2D eigenvalue weighted by Crippen LogP contribution is 2.17. The average Bonchev–Trinajstić information content (AvgIpc) is 2.48. The maximum Gasteiger partial charge on any atom is 0.225 e. The zero-order valence-electron chi connectivity index (χ0n) is 8.20. The summed E-state index contributed by atoms with van der Waals surface area (Å²) in [4.78, 5) is 8.17. The molecule has 76 valence electrons. The molecule has 14 heavy (non-hydrogen) atoms. The summed E-state index contributed by atoms with van der Waals surface area (Å²) in [7, 11) is 1.73. The smallest absolute Gasteiger partial charge is 0.225 e. The molecule has 0 saturated carbocycles. The number of nitrogens with zero attached hydrogens (tertiary/aromatic N) is 2. The summed E-state index contributed by atoms with van der Waals surface area (Å²) in [6, 6.07) is 0. The standard InChI is InChI=1S/C8H14N6/c1-5-3-12-4-6(5)14(2)8(11)13-7(9)10/h3-4,12H,1-2H3,(H5,9,10,11,13). The van der Waals surface area contributed by atoms with Crippen LogP contribution in [0.1, 0.15) is 5.56 Å². The number of aromatic amines is 1. The van der Waals surface area contributed by atoms with Gasteiger partial charge in [0.25, 0.3) is 0 Å². The lowest BCUT2D eigenvalue weighted by Crippen LogP contribution is -2.30. The Kier molecular flexibility index (Phi) is 2.76. The molecule has 1 rings (SSSR count). The molecule has 0 aliphatic rings. The Labute approximate surface area is 82.1 Å². The first-order chi connectivity index (χ1) is 6.52. The highest BCUT2D eigenvalue weighted by molar-refractivity contribution is 6.01. The Morgan fingerprint density at radius 2 is 2.14 bits per heavy atom. The lowest BCUT2D eigenvalue weighted by molar-refractivity contribution is 1.18. The summed E-state index contributed by atoms with van der Waals surface area (Å²) in [6.07, 6.45) is 3.63. The first kappa shape index (κ1) is 10.1. The third-order valence-electron chi connectivity index (χ3n) is 1.84. The number of rotatable bonds is 1. The van der Waals surface area contributed by atoms with Crippen LogP contribution >= 0.6 is 0 Å². The van der Waals surface area contributed by atoms with Crippen LogP contribution in [0.25, 0.3) is 0 Å². The molecule has 0 aromatic carbocycles. The van der Waals surface area contributed by atoms with E-state index in [0.29, 0.717) is 0 Å². The molecular weight excluding hydrogens is 180 g/mol. The van der Waals surface area contributed by atoms with Crippen molar-refractivity contribution in [3.05, 3.63) is 18.0 Å². The Hall–Kier alpha value is -1.98. The monoisotopic (exact) mass is 194 g/mol. The van der Waals surface area contributed by atoms with E-state index in [9.17, 15) is 0 Å². The molecule has 6 heteroatoms. The van der Waals surface area contributed by atoms with E-state index in [-0.39, 0.29) is 11.9 Å². The Morgan fingerprint density at radius 1 is 1.50 bits per heavy atom. The predicted molar refractivity (Wildman–Crippen MR) is 57.5 cm³/mol. The van der Waals surface area contributed by atoms with Gasteiger partial charge in [0.15, 0.2) is 5.96 Å². The minimum atomic E-state index is -0.116. The summed E-state index contributed by atoms with van der Waals surface area (Å²) >= 11 is 0. The number of aliphatic imine (C=N–C) groups is 1. The number of hydrogen-bond acceptors (Lipinski definition) is 1. The molecular formula is C8H14N6. The van der Waals surface area contributed by atoms with Gasteiger partial charge in [-0.15, -0.1) is 0 Å². The molecule has 0 aliphatic heterocycles. The third kappa shape index (κ3) is 2.03. The van der Waals surface area contributed by atoms with Gasteiger partial charge in [0, 0.05) is 19.4 Å². The number of anilines is 1. The van der Waals surface area contributed by atoms with E-state index in [4.69, 9.17) is 16.9 Å². The lowest BCUT2D eigenvalue weighted by atomic mass is 10.3. The van der Waals surface area contributed by atoms with Gasteiger partial charge < -0.3 is 21.4 Å². The maximum absolute atomic E-state index is 7.56. The molecule has 0 aliphatic carbocycles. The highest BCUT2D eigenvalue weighted by Gasteiger charge is 2.09. The van der Waals surface area contributed by atoms with Gasteiger partial charge in [-0.3, -0.25) is 5.41 Å². The fourth-order valence-electron chi connectivity index (χ4n) is 1.11. The van der Waals surface area contributed by atoms with Crippen LogP contribution in [0.3, 0.4) is 0 Å². The van der Waals surface area contributed by atoms with E-state index in [2.05, 4.69) is 9.98 Å². The van der Waals surface area contributed by atoms with Crippen molar-refractivity contribution in [2.45, 2.75) is 6.92 Å². The Morgan fingerprint density at radius 3 is 2.57 bits per heavy atom. The van der Waals surface area contributed by atoms with E-state index in [1.165, 1.54) is 0 Å². The van der Waals surface area contributed by atoms with Crippen LogP contribution < -0.4 is 16.4 Å². The summed E-state index contributed by atoms with van der Waals surface area (Å²) in [5.74, 6) is -0.109. The van der Waals surface area contributed by atoms with Crippen LogP contribution in [0, 0.1) is 12.3 Å². The summed E-state index contributed by atoms with van der Waals surface area (Å²) in [5, 5.41) is 7.56. The summed E-state index contributed by atoms with van der Waals surface area (Å²) in [5.41, 5.74) is 12.3. The molecule has 0 atom stereocenters. The quantitative estimate of drug-likeness (QED) is 0.372. The summed E-state index contributed by atoms with van der Waals surface area (Å²) < 4.78 is 0. The largest absolute Gasteiger partial charge is 0.370 e. The number of aromatic nitrogens is 1. The molecule has 0 saturated heterocycles. The van der Waals surface area contributed by atoms with E-state index < -0.39 is 0 Å². The van der Waals surface area contributed by atoms with Crippen LogP contribution in [0.15, 0.2) is 17.4 Å². The number of H-pyrrole nitrogens is 1. The fourth-order valence-corrected chi connectivity index (χ4v) is 1.11. The fraction of sp³-hybridized carbons (Fsp3) is 0.250. The number of nitrogens with one attached hydrogen (secondary N) is 2. The van der Waals surface area contributed by atoms with E-state index >= 15 is 0 Å². The van der Waals surface area contributed by atoms with Crippen molar-refractivity contribution in [2.24, 2.45) is 16.5 Å². The topological polar surface area (TPSA) is 107 Å². The minimum Gasteiger partial charge on any atom is -0.370 e. The second-order valence-corrected chi connectivity index (χ2v) is 2.94. The third-order valence-corrected chi connectivity index (χ3v) is 1.84. The molecule has 0 amide bonds. The Bertz CT molecular complexity index is 360. The average molecular weight is 194 g/mol. The first-order valence-electron chi connectivity index (χ1n) is 4.07. The molecule has 0 fully saturated rings. The van der Waals surface area contributed by atoms with Crippen molar-refractivity contribution in [2.75, 3.05) is 11.9 Å². The van der Waals surface area contributed by atoms with Crippen LogP contribution in [0.5, 0.6) is 0 Å². The van der Waals surface area contributed by atoms with Crippen molar-refractivity contribution in [1.82, 2.24) is 4.98 Å². The SMILES string of the molecule is Cc1c[nH]cc1N(C)C(=N)N=C(N)N. The molecule has 0 spiro atoms. The number of aryl methyl sites for hydroxylation is 1. The number of nitrogens with two attached hydrogens (primary N) is 2. The summed E-state index contributed by atoms with van der Waals surface area (Å²) in [6.45, 7) is 1.94. The van der Waals surface area contributed by atoms with Crippen LogP contribution in [0.4, 0.5) is 5.69 Å².